The highest BCUT2D eigenvalue weighted by Crippen LogP contribution is 2.27. The Morgan fingerprint density at radius 1 is 1.17 bits per heavy atom. The molecule has 0 aromatic heterocycles. The van der Waals surface area contributed by atoms with E-state index in [0.717, 1.165) is 5.75 Å². The number of ether oxygens (including phenoxy) is 3. The first kappa shape index (κ1) is 15.6. The molecule has 0 fully saturated rings. The van der Waals surface area contributed by atoms with Crippen LogP contribution < -0.4 is 4.74 Å². The molecule has 0 unspecified atom stereocenters. The maximum atomic E-state index is 5.79. The van der Waals surface area contributed by atoms with E-state index in [0.29, 0.717) is 26.4 Å². The highest BCUT2D eigenvalue weighted by molar-refractivity contribution is 14.2. The summed E-state index contributed by atoms with van der Waals surface area (Å²) in [6.07, 6.45) is 0. The molecule has 102 valence electrons. The van der Waals surface area contributed by atoms with Gasteiger partial charge in [0.05, 0.1) is 23.4 Å². The molecule has 0 spiro atoms. The van der Waals surface area contributed by atoms with Crippen LogP contribution in [0.15, 0.2) is 18.2 Å². The average Bonchev–Trinajstić information content (AvgIpc) is 2.37. The van der Waals surface area contributed by atoms with Crippen molar-refractivity contribution in [2.75, 3.05) is 33.5 Å². The Morgan fingerprint density at radius 2 is 1.94 bits per heavy atom. The Hall–Kier alpha value is -0.460. The predicted octanol–water partition coefficient (Wildman–Crippen LogP) is 3.00. The molecular weight excluding hydrogens is 343 g/mol. The van der Waals surface area contributed by atoms with E-state index in [1.54, 1.807) is 7.11 Å². The summed E-state index contributed by atoms with van der Waals surface area (Å²) < 4.78 is 19.7. The lowest BCUT2D eigenvalue weighted by atomic mass is 10.2. The van der Waals surface area contributed by atoms with Crippen LogP contribution in [0.2, 0.25) is 0 Å². The predicted molar refractivity (Wildman–Crippen MR) is 83.8 cm³/mol. The average molecular weight is 364 g/mol. The summed E-state index contributed by atoms with van der Waals surface area (Å²) in [5, 5.41) is 0. The lowest BCUT2D eigenvalue weighted by Crippen LogP contribution is -2.10. The summed E-state index contributed by atoms with van der Waals surface area (Å²) in [7, 11) is 1.67. The lowest BCUT2D eigenvalue weighted by Gasteiger charge is -2.11. The van der Waals surface area contributed by atoms with Gasteiger partial charge in [0.1, 0.15) is 12.4 Å². The van der Waals surface area contributed by atoms with Gasteiger partial charge in [-0.1, -0.05) is 36.9 Å². The van der Waals surface area contributed by atoms with Gasteiger partial charge in [0.25, 0.3) is 0 Å². The van der Waals surface area contributed by atoms with Crippen LogP contribution in [0.25, 0.3) is 0 Å². The van der Waals surface area contributed by atoms with Crippen LogP contribution in [-0.4, -0.2) is 37.5 Å². The van der Waals surface area contributed by atoms with Crippen molar-refractivity contribution in [2.45, 2.75) is 13.8 Å². The number of benzene rings is 1. The SMILES string of the molecule is CC=Ic1c(C)cccc1OCCOCCOC. The Morgan fingerprint density at radius 3 is 2.67 bits per heavy atom. The number of halogens is 1. The maximum Gasteiger partial charge on any atom is 0.132 e. The van der Waals surface area contributed by atoms with Crippen LogP contribution in [0.5, 0.6) is 5.75 Å². The molecule has 0 atom stereocenters. The van der Waals surface area contributed by atoms with Gasteiger partial charge in [-0.3, -0.25) is 0 Å². The minimum absolute atomic E-state index is 0.0564. The van der Waals surface area contributed by atoms with Crippen molar-refractivity contribution >= 4 is 24.7 Å². The third-order valence-electron chi connectivity index (χ3n) is 2.29. The van der Waals surface area contributed by atoms with Crippen molar-refractivity contribution in [1.29, 1.82) is 0 Å². The van der Waals surface area contributed by atoms with Gasteiger partial charge >= 0.3 is 0 Å². The molecule has 4 heteroatoms. The van der Waals surface area contributed by atoms with E-state index in [4.69, 9.17) is 14.2 Å². The number of hydrogen-bond donors (Lipinski definition) is 0. The molecule has 0 aliphatic heterocycles. The molecular formula is C14H21IO3. The molecule has 0 aliphatic carbocycles. The molecule has 0 radical (unpaired) electrons. The van der Waals surface area contributed by atoms with E-state index >= 15 is 0 Å². The minimum atomic E-state index is -0.0564. The summed E-state index contributed by atoms with van der Waals surface area (Å²) in [6.45, 7) is 6.69. The van der Waals surface area contributed by atoms with Crippen molar-refractivity contribution in [3.63, 3.8) is 0 Å². The van der Waals surface area contributed by atoms with E-state index < -0.39 is 0 Å². The highest BCUT2D eigenvalue weighted by atomic mass is 127. The Kier molecular flexibility index (Phi) is 8.20. The fourth-order valence-corrected chi connectivity index (χ4v) is 3.37. The highest BCUT2D eigenvalue weighted by Gasteiger charge is 2.03. The largest absolute Gasteiger partial charge is 0.490 e. The topological polar surface area (TPSA) is 27.7 Å². The van der Waals surface area contributed by atoms with Gasteiger partial charge in [-0.2, -0.15) is 0 Å². The van der Waals surface area contributed by atoms with Crippen LogP contribution in [0.4, 0.5) is 0 Å². The molecule has 1 rings (SSSR count). The van der Waals surface area contributed by atoms with Crippen molar-refractivity contribution in [3.05, 3.63) is 27.3 Å². The zero-order chi connectivity index (χ0) is 13.2. The van der Waals surface area contributed by atoms with Crippen molar-refractivity contribution in [3.8, 4) is 5.75 Å². The van der Waals surface area contributed by atoms with Gasteiger partial charge < -0.3 is 14.2 Å². The maximum absolute atomic E-state index is 5.79. The second-order valence-electron chi connectivity index (χ2n) is 3.67. The minimum Gasteiger partial charge on any atom is -0.490 e. The third kappa shape index (κ3) is 5.46. The molecule has 0 saturated heterocycles. The van der Waals surface area contributed by atoms with E-state index in [1.165, 1.54) is 9.13 Å². The molecule has 0 amide bonds. The first-order valence-electron chi connectivity index (χ1n) is 6.00. The van der Waals surface area contributed by atoms with Gasteiger partial charge in [0.2, 0.25) is 0 Å². The van der Waals surface area contributed by atoms with E-state index in [-0.39, 0.29) is 20.7 Å². The molecule has 0 N–H and O–H groups in total. The van der Waals surface area contributed by atoms with Gasteiger partial charge in [-0.15, -0.1) is 0 Å². The number of aryl methyl sites for hydroxylation is 1. The van der Waals surface area contributed by atoms with E-state index in [1.807, 2.05) is 12.1 Å². The number of rotatable bonds is 8. The Balaban J connectivity index is 2.44. The molecule has 0 heterocycles. The van der Waals surface area contributed by atoms with Crippen LogP contribution in [0.3, 0.4) is 0 Å². The van der Waals surface area contributed by atoms with E-state index in [2.05, 4.69) is 23.9 Å². The summed E-state index contributed by atoms with van der Waals surface area (Å²) in [4.78, 5) is 0. The molecule has 0 saturated carbocycles. The van der Waals surface area contributed by atoms with Crippen molar-refractivity contribution in [2.24, 2.45) is 0 Å². The lowest BCUT2D eigenvalue weighted by molar-refractivity contribution is 0.0543. The van der Waals surface area contributed by atoms with Crippen LogP contribution >= 0.6 is 20.7 Å². The first-order valence-corrected chi connectivity index (χ1v) is 8.32. The molecule has 0 aliphatic rings. The van der Waals surface area contributed by atoms with E-state index in [9.17, 15) is 0 Å². The van der Waals surface area contributed by atoms with Gasteiger partial charge in [0.15, 0.2) is 0 Å². The second-order valence-corrected chi connectivity index (χ2v) is 6.62. The standard InChI is InChI=1S/C14H21IO3/c1-4-15-14-12(2)6-5-7-13(14)18-11-10-17-9-8-16-3/h4-7H,8-11H2,1-3H3. The van der Waals surface area contributed by atoms with Crippen LogP contribution in [-0.2, 0) is 9.47 Å². The quantitative estimate of drug-likeness (QED) is 0.524. The smallest absolute Gasteiger partial charge is 0.132 e. The third-order valence-corrected chi connectivity index (χ3v) is 4.92. The zero-order valence-corrected chi connectivity index (χ0v) is 13.4. The zero-order valence-electron chi connectivity index (χ0n) is 11.2. The van der Waals surface area contributed by atoms with Gasteiger partial charge in [0, 0.05) is 7.11 Å². The Bertz CT molecular complexity index is 377. The second kappa shape index (κ2) is 9.47. The fourth-order valence-electron chi connectivity index (χ4n) is 1.44. The summed E-state index contributed by atoms with van der Waals surface area (Å²) >= 11 is -0.0564. The first-order chi connectivity index (χ1) is 8.79. The number of hydrogen-bond acceptors (Lipinski definition) is 3. The summed E-state index contributed by atoms with van der Waals surface area (Å²) in [6, 6.07) is 6.22. The summed E-state index contributed by atoms with van der Waals surface area (Å²) in [5.41, 5.74) is 1.32. The summed E-state index contributed by atoms with van der Waals surface area (Å²) in [5.74, 6) is 1.01. The van der Waals surface area contributed by atoms with Gasteiger partial charge in [-0.25, -0.2) is 0 Å². The van der Waals surface area contributed by atoms with Crippen LogP contribution in [0, 0.1) is 10.5 Å². The normalized spacial score (nSPS) is 11.5. The van der Waals surface area contributed by atoms with Gasteiger partial charge in [-0.05, 0) is 25.5 Å². The van der Waals surface area contributed by atoms with Crippen molar-refractivity contribution in [1.82, 2.24) is 0 Å². The molecule has 0 bridgehead atoms. The van der Waals surface area contributed by atoms with Crippen LogP contribution in [0.1, 0.15) is 12.5 Å². The molecule has 3 nitrogen and oxygen atoms in total. The molecule has 1 aromatic carbocycles. The van der Waals surface area contributed by atoms with Crippen molar-refractivity contribution < 1.29 is 14.2 Å². The monoisotopic (exact) mass is 364 g/mol. The molecule has 1 aromatic rings. The fraction of sp³-hybridized carbons (Fsp3) is 0.500. The molecule has 18 heavy (non-hydrogen) atoms. The Labute approximate surface area is 119 Å². The number of methoxy groups -OCH3 is 1.